The number of fused-ring (bicyclic) bond motifs is 2. The summed E-state index contributed by atoms with van der Waals surface area (Å²) in [6, 6.07) is 5.72. The lowest BCUT2D eigenvalue weighted by Gasteiger charge is -2.36. The number of carbonyl (C=O) groups excluding carboxylic acids is 2. The molecule has 2 aliphatic carbocycles. The number of amides is 1. The summed E-state index contributed by atoms with van der Waals surface area (Å²) in [5.41, 5.74) is 6.77. The smallest absolute Gasteiger partial charge is 0.269 e. The molecule has 0 saturated heterocycles. The molecule has 1 aromatic rings. The summed E-state index contributed by atoms with van der Waals surface area (Å²) < 4.78 is 0. The van der Waals surface area contributed by atoms with Gasteiger partial charge < -0.3 is 5.73 Å². The first kappa shape index (κ1) is 17.1. The molecule has 8 nitrogen and oxygen atoms in total. The van der Waals surface area contributed by atoms with Crippen molar-refractivity contribution in [2.24, 2.45) is 27.1 Å². The molecule has 0 heterocycles. The van der Waals surface area contributed by atoms with Gasteiger partial charge in [0.15, 0.2) is 5.78 Å². The van der Waals surface area contributed by atoms with Crippen molar-refractivity contribution in [3.63, 3.8) is 0 Å². The van der Waals surface area contributed by atoms with Crippen molar-refractivity contribution in [1.29, 1.82) is 0 Å². The number of nitrogens with two attached hydrogens (primary N) is 1. The van der Waals surface area contributed by atoms with Crippen LogP contribution >= 0.6 is 0 Å². The maximum Gasteiger partial charge on any atom is 0.269 e. The van der Waals surface area contributed by atoms with Gasteiger partial charge in [-0.15, -0.1) is 0 Å². The molecule has 2 aliphatic rings. The maximum atomic E-state index is 13.0. The number of hydrogen-bond donors (Lipinski definition) is 2. The molecule has 2 atom stereocenters. The van der Waals surface area contributed by atoms with Crippen LogP contribution in [0.2, 0.25) is 0 Å². The number of Topliss-reactive ketones (excluding diaryl/α,β-unsaturated/α-hetero) is 1. The molecule has 3 N–H and O–H groups in total. The SMILES string of the molecule is CC12CCC(C(N)=O)(C(=O)/C1=N\Nc1ccc([N+](=O)[O-])cc1)C2(C)C. The van der Waals surface area contributed by atoms with E-state index >= 15 is 0 Å². The number of carbonyl (C=O) groups is 2. The molecule has 25 heavy (non-hydrogen) atoms. The number of rotatable bonds is 4. The van der Waals surface area contributed by atoms with Gasteiger partial charge in [-0.2, -0.15) is 5.10 Å². The van der Waals surface area contributed by atoms with Crippen molar-refractivity contribution in [3.8, 4) is 0 Å². The Balaban J connectivity index is 1.95. The first-order chi connectivity index (χ1) is 11.6. The zero-order chi connectivity index (χ0) is 18.6. The quantitative estimate of drug-likeness (QED) is 0.492. The van der Waals surface area contributed by atoms with E-state index in [9.17, 15) is 19.7 Å². The fourth-order valence-electron chi connectivity index (χ4n) is 4.29. The number of nitro benzene ring substituents is 1. The molecule has 2 bridgehead atoms. The van der Waals surface area contributed by atoms with Crippen LogP contribution in [0.15, 0.2) is 29.4 Å². The minimum atomic E-state index is -1.22. The second-order valence-electron chi connectivity index (χ2n) is 7.43. The van der Waals surface area contributed by atoms with Gasteiger partial charge in [-0.05, 0) is 30.4 Å². The van der Waals surface area contributed by atoms with Gasteiger partial charge in [0.05, 0.1) is 10.6 Å². The normalized spacial score (nSPS) is 31.3. The predicted octanol–water partition coefficient (Wildman–Crippen LogP) is 2.24. The molecular weight excluding hydrogens is 324 g/mol. The third-order valence-corrected chi connectivity index (χ3v) is 6.37. The summed E-state index contributed by atoms with van der Waals surface area (Å²) in [4.78, 5) is 35.3. The Bertz CT molecular complexity index is 814. The van der Waals surface area contributed by atoms with Crippen molar-refractivity contribution >= 4 is 28.8 Å². The average Bonchev–Trinajstić information content (AvgIpc) is 2.82. The Morgan fingerprint density at radius 3 is 2.32 bits per heavy atom. The molecule has 2 fully saturated rings. The molecule has 8 heteroatoms. The predicted molar refractivity (Wildman–Crippen MR) is 91.9 cm³/mol. The molecular formula is C17H20N4O4. The molecule has 1 aromatic carbocycles. The summed E-state index contributed by atoms with van der Waals surface area (Å²) in [5, 5.41) is 15.0. The Hall–Kier alpha value is -2.77. The van der Waals surface area contributed by atoms with Crippen LogP contribution in [0, 0.1) is 26.4 Å². The number of non-ortho nitro benzene ring substituents is 1. The molecule has 0 radical (unpaired) electrons. The standard InChI is InChI=1S/C17H20N4O4/c1-15(2)16(3)8-9-17(15,14(18)23)13(22)12(16)20-19-10-4-6-11(7-5-10)21(24)25/h4-7,19H,8-9H2,1-3H3,(H2,18,23)/b20-12+. The topological polar surface area (TPSA) is 128 Å². The number of anilines is 1. The summed E-state index contributed by atoms with van der Waals surface area (Å²) >= 11 is 0. The Kier molecular flexibility index (Phi) is 3.49. The summed E-state index contributed by atoms with van der Waals surface area (Å²) in [6.45, 7) is 5.70. The first-order valence-electron chi connectivity index (χ1n) is 8.01. The molecule has 0 spiro atoms. The summed E-state index contributed by atoms with van der Waals surface area (Å²) in [7, 11) is 0. The third-order valence-electron chi connectivity index (χ3n) is 6.37. The highest BCUT2D eigenvalue weighted by Crippen LogP contribution is 2.69. The van der Waals surface area contributed by atoms with Crippen LogP contribution in [0.3, 0.4) is 0 Å². The van der Waals surface area contributed by atoms with Crippen LogP contribution in [0.1, 0.15) is 33.6 Å². The lowest BCUT2D eigenvalue weighted by molar-refractivity contribution is -0.384. The van der Waals surface area contributed by atoms with E-state index in [1.54, 1.807) is 0 Å². The van der Waals surface area contributed by atoms with Gasteiger partial charge in [-0.1, -0.05) is 20.8 Å². The number of nitrogens with zero attached hydrogens (tertiary/aromatic N) is 2. The Morgan fingerprint density at radius 2 is 1.84 bits per heavy atom. The van der Waals surface area contributed by atoms with Crippen molar-refractivity contribution in [2.75, 3.05) is 5.43 Å². The Morgan fingerprint density at radius 1 is 1.24 bits per heavy atom. The van der Waals surface area contributed by atoms with E-state index in [0.29, 0.717) is 24.2 Å². The van der Waals surface area contributed by atoms with Gasteiger partial charge in [-0.25, -0.2) is 0 Å². The Labute approximate surface area is 144 Å². The number of ketones is 1. The van der Waals surface area contributed by atoms with Crippen molar-refractivity contribution < 1.29 is 14.5 Å². The second-order valence-corrected chi connectivity index (χ2v) is 7.43. The van der Waals surface area contributed by atoms with Crippen molar-refractivity contribution in [2.45, 2.75) is 33.6 Å². The molecule has 2 saturated carbocycles. The number of benzene rings is 1. The number of hydrazone groups is 1. The lowest BCUT2D eigenvalue weighted by Crippen LogP contribution is -2.48. The van der Waals surface area contributed by atoms with Crippen LogP contribution in [0.5, 0.6) is 0 Å². The van der Waals surface area contributed by atoms with Crippen molar-refractivity contribution in [3.05, 3.63) is 34.4 Å². The minimum absolute atomic E-state index is 0.0324. The number of hydrogen-bond acceptors (Lipinski definition) is 6. The largest absolute Gasteiger partial charge is 0.369 e. The van der Waals surface area contributed by atoms with Crippen LogP contribution in [0.25, 0.3) is 0 Å². The highest BCUT2D eigenvalue weighted by molar-refractivity contribution is 6.50. The first-order valence-corrected chi connectivity index (χ1v) is 8.01. The molecule has 1 amide bonds. The van der Waals surface area contributed by atoms with E-state index in [4.69, 9.17) is 5.73 Å². The number of nitro groups is 1. The lowest BCUT2D eigenvalue weighted by atomic mass is 9.64. The average molecular weight is 344 g/mol. The highest BCUT2D eigenvalue weighted by Gasteiger charge is 2.76. The van der Waals surface area contributed by atoms with Crippen LogP contribution < -0.4 is 11.2 Å². The van der Waals surface area contributed by atoms with E-state index in [2.05, 4.69) is 10.5 Å². The van der Waals surface area contributed by atoms with Gasteiger partial charge in [0.1, 0.15) is 11.1 Å². The van der Waals surface area contributed by atoms with Gasteiger partial charge in [0.25, 0.3) is 5.69 Å². The van der Waals surface area contributed by atoms with Gasteiger partial charge >= 0.3 is 0 Å². The number of nitrogens with one attached hydrogen (secondary N) is 1. The van der Waals surface area contributed by atoms with E-state index in [1.807, 2.05) is 20.8 Å². The third kappa shape index (κ3) is 1.96. The van der Waals surface area contributed by atoms with Gasteiger partial charge in [0, 0.05) is 17.5 Å². The van der Waals surface area contributed by atoms with Gasteiger partial charge in [-0.3, -0.25) is 25.1 Å². The van der Waals surface area contributed by atoms with Crippen LogP contribution in [-0.4, -0.2) is 22.3 Å². The minimum Gasteiger partial charge on any atom is -0.369 e. The molecule has 2 unspecified atom stereocenters. The fraction of sp³-hybridized carbons (Fsp3) is 0.471. The molecule has 3 rings (SSSR count). The van der Waals surface area contributed by atoms with Gasteiger partial charge in [0.2, 0.25) is 5.91 Å². The van der Waals surface area contributed by atoms with Crippen LogP contribution in [-0.2, 0) is 9.59 Å². The highest BCUT2D eigenvalue weighted by atomic mass is 16.6. The second kappa shape index (κ2) is 5.11. The monoisotopic (exact) mass is 344 g/mol. The fourth-order valence-corrected chi connectivity index (χ4v) is 4.29. The summed E-state index contributed by atoms with van der Waals surface area (Å²) in [5.74, 6) is -0.931. The molecule has 0 aliphatic heterocycles. The zero-order valence-electron chi connectivity index (χ0n) is 14.3. The van der Waals surface area contributed by atoms with Crippen molar-refractivity contribution in [1.82, 2.24) is 0 Å². The van der Waals surface area contributed by atoms with E-state index in [-0.39, 0.29) is 11.5 Å². The van der Waals surface area contributed by atoms with E-state index < -0.39 is 27.1 Å². The van der Waals surface area contributed by atoms with Crippen LogP contribution in [0.4, 0.5) is 11.4 Å². The van der Waals surface area contributed by atoms with E-state index in [0.717, 1.165) is 0 Å². The molecule has 0 aromatic heterocycles. The molecule has 132 valence electrons. The summed E-state index contributed by atoms with van der Waals surface area (Å²) in [6.07, 6.45) is 1.08. The van der Waals surface area contributed by atoms with E-state index in [1.165, 1.54) is 24.3 Å². The maximum absolute atomic E-state index is 13.0. The number of primary amides is 1. The zero-order valence-corrected chi connectivity index (χ0v) is 14.3.